The number of rotatable bonds is 4. The van der Waals surface area contributed by atoms with Gasteiger partial charge in [-0.3, -0.25) is 9.59 Å². The molecule has 1 aliphatic rings. The van der Waals surface area contributed by atoms with E-state index in [0.717, 1.165) is 17.0 Å². The second-order valence-electron chi connectivity index (χ2n) is 6.06. The number of aryl methyl sites for hydroxylation is 2. The molecule has 6 heteroatoms. The molecule has 0 aliphatic carbocycles. The molecule has 126 valence electrons. The van der Waals surface area contributed by atoms with Gasteiger partial charge in [0.1, 0.15) is 9.88 Å². The maximum Gasteiger partial charge on any atom is 0.308 e. The third kappa shape index (κ3) is 3.19. The average molecular weight is 344 g/mol. The number of benzene rings is 1. The quantitative estimate of drug-likeness (QED) is 0.924. The lowest BCUT2D eigenvalue weighted by atomic mass is 10.1. The summed E-state index contributed by atoms with van der Waals surface area (Å²) in [5.74, 6) is -1.39. The Labute approximate surface area is 145 Å². The van der Waals surface area contributed by atoms with Crippen LogP contribution in [0.25, 0.3) is 10.6 Å². The van der Waals surface area contributed by atoms with E-state index in [9.17, 15) is 9.59 Å². The molecule has 24 heavy (non-hydrogen) atoms. The number of amides is 1. The molecule has 1 atom stereocenters. The number of hydrogen-bond acceptors (Lipinski definition) is 4. The SMILES string of the molecule is CCc1ccc(-c2nc(C)c(C(=O)N3CCC(C(=O)O)C3)s2)cc1. The van der Waals surface area contributed by atoms with Crippen molar-refractivity contribution < 1.29 is 14.7 Å². The summed E-state index contributed by atoms with van der Waals surface area (Å²) in [7, 11) is 0. The molecule has 1 aromatic carbocycles. The first kappa shape index (κ1) is 16.6. The number of hydrogen-bond donors (Lipinski definition) is 1. The zero-order valence-corrected chi connectivity index (χ0v) is 14.6. The normalized spacial score (nSPS) is 17.2. The Morgan fingerprint density at radius 3 is 2.62 bits per heavy atom. The van der Waals surface area contributed by atoms with Gasteiger partial charge < -0.3 is 10.0 Å². The third-order valence-electron chi connectivity index (χ3n) is 4.42. The first-order chi connectivity index (χ1) is 11.5. The Morgan fingerprint density at radius 1 is 1.33 bits per heavy atom. The number of likely N-dealkylation sites (tertiary alicyclic amines) is 1. The van der Waals surface area contributed by atoms with Crippen molar-refractivity contribution in [3.8, 4) is 10.6 Å². The van der Waals surface area contributed by atoms with Gasteiger partial charge in [0, 0.05) is 18.7 Å². The highest BCUT2D eigenvalue weighted by Crippen LogP contribution is 2.30. The van der Waals surface area contributed by atoms with Crippen molar-refractivity contribution in [3.63, 3.8) is 0 Å². The summed E-state index contributed by atoms with van der Waals surface area (Å²) >= 11 is 1.38. The van der Waals surface area contributed by atoms with Crippen molar-refractivity contribution in [1.29, 1.82) is 0 Å². The van der Waals surface area contributed by atoms with Crippen molar-refractivity contribution >= 4 is 23.2 Å². The van der Waals surface area contributed by atoms with Crippen molar-refractivity contribution in [3.05, 3.63) is 40.4 Å². The number of aromatic nitrogens is 1. The van der Waals surface area contributed by atoms with Crippen LogP contribution >= 0.6 is 11.3 Å². The maximum atomic E-state index is 12.7. The molecule has 3 rings (SSSR count). The lowest BCUT2D eigenvalue weighted by Crippen LogP contribution is -2.29. The minimum atomic E-state index is -0.831. The molecule has 2 heterocycles. The molecule has 1 aliphatic heterocycles. The van der Waals surface area contributed by atoms with Gasteiger partial charge in [-0.2, -0.15) is 0 Å². The van der Waals surface area contributed by atoms with E-state index in [1.54, 1.807) is 4.90 Å². The predicted molar refractivity (Wildman–Crippen MR) is 93.3 cm³/mol. The van der Waals surface area contributed by atoms with Crippen molar-refractivity contribution in [2.75, 3.05) is 13.1 Å². The van der Waals surface area contributed by atoms with Gasteiger partial charge in [-0.25, -0.2) is 4.98 Å². The number of aliphatic carboxylic acids is 1. The van der Waals surface area contributed by atoms with E-state index in [0.29, 0.717) is 23.5 Å². The zero-order chi connectivity index (χ0) is 17.3. The second kappa shape index (κ2) is 6.73. The number of carbonyl (C=O) groups is 2. The van der Waals surface area contributed by atoms with Gasteiger partial charge in [0.2, 0.25) is 0 Å². The Balaban J connectivity index is 1.81. The Hall–Kier alpha value is -2.21. The molecular formula is C18H20N2O3S. The van der Waals surface area contributed by atoms with Gasteiger partial charge in [0.05, 0.1) is 11.6 Å². The van der Waals surface area contributed by atoms with Gasteiger partial charge in [0.25, 0.3) is 5.91 Å². The minimum absolute atomic E-state index is 0.106. The van der Waals surface area contributed by atoms with Crippen molar-refractivity contribution in [2.45, 2.75) is 26.7 Å². The number of carboxylic acids is 1. The van der Waals surface area contributed by atoms with Crippen LogP contribution < -0.4 is 0 Å². The smallest absolute Gasteiger partial charge is 0.308 e. The summed E-state index contributed by atoms with van der Waals surface area (Å²) < 4.78 is 0. The molecule has 1 unspecified atom stereocenters. The van der Waals surface area contributed by atoms with Crippen LogP contribution in [0.2, 0.25) is 0 Å². The van der Waals surface area contributed by atoms with Gasteiger partial charge in [0.15, 0.2) is 0 Å². The summed E-state index contributed by atoms with van der Waals surface area (Å²) in [6.45, 7) is 4.72. The lowest BCUT2D eigenvalue weighted by molar-refractivity contribution is -0.141. The standard InChI is InChI=1S/C18H20N2O3S/c1-3-12-4-6-13(7-5-12)16-19-11(2)15(24-16)17(21)20-9-8-14(10-20)18(22)23/h4-7,14H,3,8-10H2,1-2H3,(H,22,23). The van der Waals surface area contributed by atoms with E-state index in [-0.39, 0.29) is 12.5 Å². The van der Waals surface area contributed by atoms with Crippen LogP contribution in [0, 0.1) is 12.8 Å². The molecule has 1 fully saturated rings. The predicted octanol–water partition coefficient (Wildman–Crippen LogP) is 3.23. The molecular weight excluding hydrogens is 324 g/mol. The molecule has 0 bridgehead atoms. The van der Waals surface area contributed by atoms with Crippen LogP contribution in [0.3, 0.4) is 0 Å². The van der Waals surface area contributed by atoms with Crippen molar-refractivity contribution in [1.82, 2.24) is 9.88 Å². The summed E-state index contributed by atoms with van der Waals surface area (Å²) in [6, 6.07) is 8.21. The number of carboxylic acid groups (broad SMARTS) is 1. The van der Waals surface area contributed by atoms with E-state index >= 15 is 0 Å². The first-order valence-electron chi connectivity index (χ1n) is 8.08. The lowest BCUT2D eigenvalue weighted by Gasteiger charge is -2.14. The molecule has 0 saturated carbocycles. The van der Waals surface area contributed by atoms with E-state index in [1.807, 2.05) is 19.1 Å². The minimum Gasteiger partial charge on any atom is -0.481 e. The summed E-state index contributed by atoms with van der Waals surface area (Å²) in [4.78, 5) is 30.5. The fourth-order valence-electron chi connectivity index (χ4n) is 2.89. The molecule has 1 aromatic heterocycles. The summed E-state index contributed by atoms with van der Waals surface area (Å²) in [6.07, 6.45) is 1.50. The monoisotopic (exact) mass is 344 g/mol. The van der Waals surface area contributed by atoms with Crippen LogP contribution in [0.1, 0.15) is 34.3 Å². The molecule has 5 nitrogen and oxygen atoms in total. The van der Waals surface area contributed by atoms with E-state index in [1.165, 1.54) is 16.9 Å². The first-order valence-corrected chi connectivity index (χ1v) is 8.90. The van der Waals surface area contributed by atoms with Gasteiger partial charge in [-0.05, 0) is 25.3 Å². The van der Waals surface area contributed by atoms with E-state index in [4.69, 9.17) is 5.11 Å². The number of nitrogens with zero attached hydrogens (tertiary/aromatic N) is 2. The molecule has 0 spiro atoms. The van der Waals surface area contributed by atoms with Gasteiger partial charge in [-0.1, -0.05) is 31.2 Å². The molecule has 1 N–H and O–H groups in total. The van der Waals surface area contributed by atoms with Gasteiger partial charge >= 0.3 is 5.97 Å². The molecule has 1 amide bonds. The fraction of sp³-hybridized carbons (Fsp3) is 0.389. The highest BCUT2D eigenvalue weighted by atomic mass is 32.1. The Morgan fingerprint density at radius 2 is 2.04 bits per heavy atom. The topological polar surface area (TPSA) is 70.5 Å². The highest BCUT2D eigenvalue weighted by molar-refractivity contribution is 7.17. The van der Waals surface area contributed by atoms with Crippen LogP contribution in [0.5, 0.6) is 0 Å². The summed E-state index contributed by atoms with van der Waals surface area (Å²) in [5, 5.41) is 9.91. The Kier molecular flexibility index (Phi) is 4.66. The van der Waals surface area contributed by atoms with Crippen molar-refractivity contribution in [2.24, 2.45) is 5.92 Å². The Bertz CT molecular complexity index is 767. The molecule has 0 radical (unpaired) electrons. The second-order valence-corrected chi connectivity index (χ2v) is 7.06. The van der Waals surface area contributed by atoms with Crippen LogP contribution in [-0.4, -0.2) is 40.0 Å². The molecule has 1 saturated heterocycles. The van der Waals surface area contributed by atoms with E-state index < -0.39 is 11.9 Å². The fourth-order valence-corrected chi connectivity index (χ4v) is 3.93. The van der Waals surface area contributed by atoms with Gasteiger partial charge in [-0.15, -0.1) is 11.3 Å². The van der Waals surface area contributed by atoms with E-state index in [2.05, 4.69) is 24.0 Å². The average Bonchev–Trinajstić information content (AvgIpc) is 3.21. The zero-order valence-electron chi connectivity index (χ0n) is 13.8. The van der Waals surface area contributed by atoms with Crippen LogP contribution in [0.4, 0.5) is 0 Å². The highest BCUT2D eigenvalue weighted by Gasteiger charge is 2.32. The number of carbonyl (C=O) groups excluding carboxylic acids is 1. The summed E-state index contributed by atoms with van der Waals surface area (Å²) in [5.41, 5.74) is 2.97. The maximum absolute atomic E-state index is 12.7. The number of thiazole rings is 1. The van der Waals surface area contributed by atoms with Crippen LogP contribution in [0.15, 0.2) is 24.3 Å². The third-order valence-corrected chi connectivity index (χ3v) is 5.62. The van der Waals surface area contributed by atoms with Crippen LogP contribution in [-0.2, 0) is 11.2 Å². The largest absolute Gasteiger partial charge is 0.481 e. The molecule has 2 aromatic rings.